The van der Waals surface area contributed by atoms with Gasteiger partial charge in [-0.2, -0.15) is 4.98 Å². The van der Waals surface area contributed by atoms with Gasteiger partial charge in [0.15, 0.2) is 0 Å². The van der Waals surface area contributed by atoms with E-state index in [4.69, 9.17) is 20.9 Å². The molecule has 1 aliphatic heterocycles. The average molecular weight is 441 g/mol. The number of carbonyl (C=O) groups excluding carboxylic acids is 1. The lowest BCUT2D eigenvalue weighted by molar-refractivity contribution is -0.126. The molecule has 3 aromatic rings. The fourth-order valence-corrected chi connectivity index (χ4v) is 3.91. The number of amides is 1. The number of halogens is 1. The Morgan fingerprint density at radius 1 is 1.19 bits per heavy atom. The predicted octanol–water partition coefficient (Wildman–Crippen LogP) is 3.93. The largest absolute Gasteiger partial charge is 0.497 e. The summed E-state index contributed by atoms with van der Waals surface area (Å²) in [4.78, 5) is 19.3. The Morgan fingerprint density at radius 3 is 2.65 bits per heavy atom. The van der Waals surface area contributed by atoms with E-state index >= 15 is 0 Å². The second kappa shape index (κ2) is 9.94. The van der Waals surface area contributed by atoms with Crippen LogP contribution >= 0.6 is 11.6 Å². The Bertz CT molecular complexity index is 1010. The number of carbonyl (C=O) groups is 1. The summed E-state index contributed by atoms with van der Waals surface area (Å²) in [6.07, 6.45) is 1.61. The first-order valence-electron chi connectivity index (χ1n) is 10.3. The van der Waals surface area contributed by atoms with Crippen molar-refractivity contribution in [1.29, 1.82) is 0 Å². The summed E-state index contributed by atoms with van der Waals surface area (Å²) < 4.78 is 10.6. The zero-order valence-electron chi connectivity index (χ0n) is 17.4. The van der Waals surface area contributed by atoms with Crippen molar-refractivity contribution in [2.24, 2.45) is 5.92 Å². The summed E-state index contributed by atoms with van der Waals surface area (Å²) in [7, 11) is 1.64. The van der Waals surface area contributed by atoms with E-state index in [2.05, 4.69) is 20.4 Å². The van der Waals surface area contributed by atoms with Crippen molar-refractivity contribution in [3.8, 4) is 17.1 Å². The molecular weight excluding hydrogens is 416 g/mol. The maximum atomic E-state index is 12.5. The summed E-state index contributed by atoms with van der Waals surface area (Å²) in [5.41, 5.74) is 1.81. The van der Waals surface area contributed by atoms with Gasteiger partial charge in [0, 0.05) is 18.0 Å². The molecule has 0 aliphatic carbocycles. The maximum absolute atomic E-state index is 12.5. The number of likely N-dealkylation sites (tertiary alicyclic amines) is 1. The average Bonchev–Trinajstić information content (AvgIpc) is 3.26. The van der Waals surface area contributed by atoms with Gasteiger partial charge in [-0.1, -0.05) is 41.0 Å². The summed E-state index contributed by atoms with van der Waals surface area (Å²) in [6, 6.07) is 15.1. The van der Waals surface area contributed by atoms with Crippen LogP contribution < -0.4 is 10.1 Å². The molecule has 31 heavy (non-hydrogen) atoms. The lowest BCUT2D eigenvalue weighted by atomic mass is 9.96. The van der Waals surface area contributed by atoms with Crippen LogP contribution in [0.15, 0.2) is 53.1 Å². The monoisotopic (exact) mass is 440 g/mol. The Kier molecular flexibility index (Phi) is 6.84. The minimum atomic E-state index is 0.0240. The molecule has 2 aromatic carbocycles. The molecule has 1 aliphatic rings. The number of aromatic nitrogens is 2. The highest BCUT2D eigenvalue weighted by Crippen LogP contribution is 2.25. The zero-order chi connectivity index (χ0) is 21.6. The lowest BCUT2D eigenvalue weighted by Gasteiger charge is -2.30. The number of nitrogens with one attached hydrogen (secondary N) is 1. The number of rotatable bonds is 7. The standard InChI is InChI=1S/C23H25ClN4O3/c1-30-18-8-6-16(7-9-18)14-25-23(29)17-10-12-28(13-11-17)15-21-26-22(27-31-21)19-4-2-3-5-20(19)24/h2-9,17H,10-15H2,1H3,(H,25,29). The molecule has 1 fully saturated rings. The third-order valence-electron chi connectivity index (χ3n) is 5.53. The molecule has 0 radical (unpaired) electrons. The van der Waals surface area contributed by atoms with Crippen molar-refractivity contribution in [1.82, 2.24) is 20.4 Å². The van der Waals surface area contributed by atoms with E-state index in [0.717, 1.165) is 42.8 Å². The molecule has 0 bridgehead atoms. The van der Waals surface area contributed by atoms with Gasteiger partial charge in [-0.25, -0.2) is 0 Å². The zero-order valence-corrected chi connectivity index (χ0v) is 18.1. The number of benzene rings is 2. The molecular formula is C23H25ClN4O3. The van der Waals surface area contributed by atoms with Crippen LogP contribution in [0.2, 0.25) is 5.02 Å². The second-order valence-electron chi connectivity index (χ2n) is 7.61. The number of nitrogens with zero attached hydrogens (tertiary/aromatic N) is 3. The number of piperidine rings is 1. The van der Waals surface area contributed by atoms with Crippen LogP contribution in [0.4, 0.5) is 0 Å². The highest BCUT2D eigenvalue weighted by molar-refractivity contribution is 6.33. The van der Waals surface area contributed by atoms with Gasteiger partial charge >= 0.3 is 0 Å². The molecule has 8 heteroatoms. The predicted molar refractivity (Wildman–Crippen MR) is 118 cm³/mol. The van der Waals surface area contributed by atoms with Crippen LogP contribution in [0.5, 0.6) is 5.75 Å². The highest BCUT2D eigenvalue weighted by Gasteiger charge is 2.26. The molecule has 1 amide bonds. The molecule has 0 unspecified atom stereocenters. The van der Waals surface area contributed by atoms with Gasteiger partial charge in [-0.05, 0) is 55.8 Å². The van der Waals surface area contributed by atoms with Crippen molar-refractivity contribution in [2.45, 2.75) is 25.9 Å². The molecule has 2 heterocycles. The van der Waals surface area contributed by atoms with Gasteiger partial charge in [0.25, 0.3) is 0 Å². The third-order valence-corrected chi connectivity index (χ3v) is 5.86. The van der Waals surface area contributed by atoms with Crippen molar-refractivity contribution < 1.29 is 14.1 Å². The second-order valence-corrected chi connectivity index (χ2v) is 8.02. The van der Waals surface area contributed by atoms with Crippen LogP contribution in [0.1, 0.15) is 24.3 Å². The van der Waals surface area contributed by atoms with Gasteiger partial charge in [0.2, 0.25) is 17.6 Å². The van der Waals surface area contributed by atoms with Crippen LogP contribution in [-0.2, 0) is 17.9 Å². The van der Waals surface area contributed by atoms with Crippen LogP contribution in [0, 0.1) is 5.92 Å². The molecule has 1 saturated heterocycles. The van der Waals surface area contributed by atoms with E-state index in [1.54, 1.807) is 13.2 Å². The van der Waals surface area contributed by atoms with E-state index in [0.29, 0.717) is 29.8 Å². The van der Waals surface area contributed by atoms with Gasteiger partial charge in [0.1, 0.15) is 5.75 Å². The Hall–Kier alpha value is -2.90. The van der Waals surface area contributed by atoms with Gasteiger partial charge in [-0.3, -0.25) is 9.69 Å². The smallest absolute Gasteiger partial charge is 0.241 e. The topological polar surface area (TPSA) is 80.5 Å². The first kappa shape index (κ1) is 21.3. The lowest BCUT2D eigenvalue weighted by Crippen LogP contribution is -2.40. The molecule has 1 N–H and O–H groups in total. The van der Waals surface area contributed by atoms with Crippen molar-refractivity contribution in [3.63, 3.8) is 0 Å². The molecule has 0 spiro atoms. The number of hydrogen-bond acceptors (Lipinski definition) is 6. The van der Waals surface area contributed by atoms with E-state index in [1.165, 1.54) is 0 Å². The summed E-state index contributed by atoms with van der Waals surface area (Å²) >= 11 is 6.21. The van der Waals surface area contributed by atoms with Gasteiger partial charge in [-0.15, -0.1) is 0 Å². The molecule has 7 nitrogen and oxygen atoms in total. The molecule has 0 saturated carbocycles. The minimum Gasteiger partial charge on any atom is -0.497 e. The first-order chi connectivity index (χ1) is 15.1. The molecule has 0 atom stereocenters. The quantitative estimate of drug-likeness (QED) is 0.599. The molecule has 1 aromatic heterocycles. The van der Waals surface area contributed by atoms with Gasteiger partial charge < -0.3 is 14.6 Å². The van der Waals surface area contributed by atoms with E-state index < -0.39 is 0 Å². The van der Waals surface area contributed by atoms with Crippen LogP contribution in [0.3, 0.4) is 0 Å². The molecule has 162 valence electrons. The van der Waals surface area contributed by atoms with Crippen LogP contribution in [0.25, 0.3) is 11.4 Å². The van der Waals surface area contributed by atoms with Gasteiger partial charge in [0.05, 0.1) is 18.7 Å². The summed E-state index contributed by atoms with van der Waals surface area (Å²) in [5.74, 6) is 1.98. The van der Waals surface area contributed by atoms with E-state index in [1.807, 2.05) is 42.5 Å². The van der Waals surface area contributed by atoms with E-state index in [-0.39, 0.29) is 11.8 Å². The third kappa shape index (κ3) is 5.42. The number of ether oxygens (including phenoxy) is 1. The Labute approximate surface area is 186 Å². The summed E-state index contributed by atoms with van der Waals surface area (Å²) in [5, 5.41) is 7.69. The SMILES string of the molecule is COc1ccc(CNC(=O)C2CCN(Cc3nc(-c4ccccc4Cl)no3)CC2)cc1. The number of hydrogen-bond donors (Lipinski definition) is 1. The van der Waals surface area contributed by atoms with Crippen molar-refractivity contribution in [3.05, 3.63) is 65.0 Å². The highest BCUT2D eigenvalue weighted by atomic mass is 35.5. The van der Waals surface area contributed by atoms with E-state index in [9.17, 15) is 4.79 Å². The minimum absolute atomic E-state index is 0.0240. The van der Waals surface area contributed by atoms with Crippen LogP contribution in [-0.4, -0.2) is 41.1 Å². The fraction of sp³-hybridized carbons (Fsp3) is 0.348. The van der Waals surface area contributed by atoms with Crippen molar-refractivity contribution in [2.75, 3.05) is 20.2 Å². The Balaban J connectivity index is 1.24. The van der Waals surface area contributed by atoms with Crippen molar-refractivity contribution >= 4 is 17.5 Å². The fourth-order valence-electron chi connectivity index (χ4n) is 3.69. The maximum Gasteiger partial charge on any atom is 0.241 e. The molecule has 4 rings (SSSR count). The normalized spacial score (nSPS) is 15.0. The summed E-state index contributed by atoms with van der Waals surface area (Å²) in [6.45, 7) is 2.71. The number of methoxy groups -OCH3 is 1. The first-order valence-corrected chi connectivity index (χ1v) is 10.7. The Morgan fingerprint density at radius 2 is 1.94 bits per heavy atom.